The molecule has 1 unspecified atom stereocenters. The SMILES string of the molecule is CC(C)(C)OC=O.Cc1cc(C)cc(C(C)Nc2cc(N3CCNCC3)ccc2[N+](=O)[O-])c1. The molecule has 8 nitrogen and oxygen atoms in total. The third kappa shape index (κ3) is 8.38. The molecule has 0 saturated carbocycles. The van der Waals surface area contributed by atoms with Crippen molar-refractivity contribution in [2.45, 2.75) is 53.2 Å². The molecule has 2 aromatic carbocycles. The van der Waals surface area contributed by atoms with Crippen LogP contribution in [0.4, 0.5) is 17.1 Å². The smallest absolute Gasteiger partial charge is 0.293 e. The maximum absolute atomic E-state index is 11.5. The van der Waals surface area contributed by atoms with Crippen LogP contribution in [-0.4, -0.2) is 43.2 Å². The van der Waals surface area contributed by atoms with Crippen LogP contribution in [0.1, 0.15) is 50.4 Å². The summed E-state index contributed by atoms with van der Waals surface area (Å²) in [5, 5.41) is 18.2. The molecule has 1 aliphatic heterocycles. The van der Waals surface area contributed by atoms with E-state index < -0.39 is 0 Å². The number of ether oxygens (including phenoxy) is 1. The van der Waals surface area contributed by atoms with Crippen molar-refractivity contribution in [2.24, 2.45) is 0 Å². The summed E-state index contributed by atoms with van der Waals surface area (Å²) in [7, 11) is 0. The molecule has 33 heavy (non-hydrogen) atoms. The van der Waals surface area contributed by atoms with Crippen molar-refractivity contribution in [1.29, 1.82) is 0 Å². The van der Waals surface area contributed by atoms with Crippen molar-refractivity contribution in [3.63, 3.8) is 0 Å². The van der Waals surface area contributed by atoms with Crippen molar-refractivity contribution < 1.29 is 14.5 Å². The van der Waals surface area contributed by atoms with Gasteiger partial charge in [0.25, 0.3) is 12.2 Å². The van der Waals surface area contributed by atoms with Gasteiger partial charge in [-0.05, 0) is 59.2 Å². The quantitative estimate of drug-likeness (QED) is 0.368. The van der Waals surface area contributed by atoms with Gasteiger partial charge in [-0.1, -0.05) is 29.3 Å². The average molecular weight is 457 g/mol. The standard InChI is InChI=1S/C20H26N4O2.C5H10O2/c1-14-10-15(2)12-17(11-14)16(3)22-19-13-18(4-5-20(19)24(25)26)23-8-6-21-7-9-23;1-5(2,3)7-4-6/h4-5,10-13,16,21-22H,6-9H2,1-3H3;4H,1-3H3. The van der Waals surface area contributed by atoms with E-state index in [1.165, 1.54) is 11.1 Å². The van der Waals surface area contributed by atoms with Crippen molar-refractivity contribution in [3.8, 4) is 0 Å². The predicted octanol–water partition coefficient (Wildman–Crippen LogP) is 4.75. The number of nitrogens with one attached hydrogen (secondary N) is 2. The van der Waals surface area contributed by atoms with Crippen LogP contribution in [0.3, 0.4) is 0 Å². The number of hydrogen-bond donors (Lipinski definition) is 2. The normalized spacial score (nSPS) is 14.5. The van der Waals surface area contributed by atoms with E-state index in [9.17, 15) is 14.9 Å². The maximum Gasteiger partial charge on any atom is 0.293 e. The summed E-state index contributed by atoms with van der Waals surface area (Å²) in [6.45, 7) is 15.8. The van der Waals surface area contributed by atoms with Crippen molar-refractivity contribution in [2.75, 3.05) is 36.4 Å². The molecule has 1 heterocycles. The van der Waals surface area contributed by atoms with Crippen LogP contribution >= 0.6 is 0 Å². The predicted molar refractivity (Wildman–Crippen MR) is 133 cm³/mol. The Bertz CT molecular complexity index is 930. The molecule has 0 amide bonds. The van der Waals surface area contributed by atoms with Crippen LogP contribution in [0.5, 0.6) is 0 Å². The second-order valence-corrected chi connectivity index (χ2v) is 9.31. The highest BCUT2D eigenvalue weighted by atomic mass is 16.6. The van der Waals surface area contributed by atoms with Crippen molar-refractivity contribution >= 4 is 23.5 Å². The highest BCUT2D eigenvalue weighted by Gasteiger charge is 2.19. The minimum atomic E-state index is -0.321. The first-order valence-electron chi connectivity index (χ1n) is 11.2. The Balaban J connectivity index is 0.000000479. The lowest BCUT2D eigenvalue weighted by Crippen LogP contribution is -2.43. The molecular weight excluding hydrogens is 420 g/mol. The molecule has 1 aliphatic rings. The van der Waals surface area contributed by atoms with Gasteiger partial charge in [-0.15, -0.1) is 0 Å². The summed E-state index contributed by atoms with van der Waals surface area (Å²) in [4.78, 5) is 23.0. The molecule has 180 valence electrons. The highest BCUT2D eigenvalue weighted by molar-refractivity contribution is 5.69. The summed E-state index contributed by atoms with van der Waals surface area (Å²) < 4.78 is 4.55. The van der Waals surface area contributed by atoms with E-state index in [2.05, 4.69) is 52.3 Å². The van der Waals surface area contributed by atoms with Gasteiger partial charge in [-0.3, -0.25) is 14.9 Å². The van der Waals surface area contributed by atoms with E-state index in [0.29, 0.717) is 12.2 Å². The van der Waals surface area contributed by atoms with Gasteiger partial charge in [0.2, 0.25) is 0 Å². The zero-order chi connectivity index (χ0) is 24.6. The van der Waals surface area contributed by atoms with Gasteiger partial charge >= 0.3 is 0 Å². The van der Waals surface area contributed by atoms with Crippen LogP contribution < -0.4 is 15.5 Å². The minimum Gasteiger partial charge on any atom is -0.462 e. The lowest BCUT2D eigenvalue weighted by atomic mass is 10.0. The Hall–Kier alpha value is -3.13. The molecule has 3 rings (SSSR count). The molecule has 0 aromatic heterocycles. The summed E-state index contributed by atoms with van der Waals surface area (Å²) in [5.74, 6) is 0. The van der Waals surface area contributed by atoms with Crippen LogP contribution in [0.15, 0.2) is 36.4 Å². The average Bonchev–Trinajstić information content (AvgIpc) is 2.73. The Kier molecular flexibility index (Phi) is 9.22. The molecule has 2 aromatic rings. The molecule has 0 spiro atoms. The van der Waals surface area contributed by atoms with E-state index >= 15 is 0 Å². The number of carbonyl (C=O) groups is 1. The van der Waals surface area contributed by atoms with Crippen LogP contribution in [0.25, 0.3) is 0 Å². The molecule has 0 radical (unpaired) electrons. The first-order chi connectivity index (χ1) is 15.5. The van der Waals surface area contributed by atoms with Gasteiger partial charge in [-0.2, -0.15) is 0 Å². The number of hydrogen-bond acceptors (Lipinski definition) is 7. The monoisotopic (exact) mass is 456 g/mol. The summed E-state index contributed by atoms with van der Waals surface area (Å²) in [6.07, 6.45) is 0. The molecule has 1 saturated heterocycles. The number of rotatable bonds is 6. The van der Waals surface area contributed by atoms with Gasteiger partial charge in [0, 0.05) is 44.0 Å². The Morgan fingerprint density at radius 1 is 1.12 bits per heavy atom. The molecule has 1 fully saturated rings. The number of benzene rings is 2. The number of nitro benzene ring substituents is 1. The third-order valence-electron chi connectivity index (χ3n) is 5.18. The van der Waals surface area contributed by atoms with Gasteiger partial charge < -0.3 is 20.3 Å². The van der Waals surface area contributed by atoms with Gasteiger partial charge in [0.05, 0.1) is 4.92 Å². The Morgan fingerprint density at radius 3 is 2.21 bits per heavy atom. The lowest BCUT2D eigenvalue weighted by Gasteiger charge is -2.30. The molecule has 8 heteroatoms. The Labute approximate surface area is 196 Å². The first kappa shape index (κ1) is 26.1. The van der Waals surface area contributed by atoms with Crippen molar-refractivity contribution in [3.05, 3.63) is 63.2 Å². The highest BCUT2D eigenvalue weighted by Crippen LogP contribution is 2.33. The molecule has 0 bridgehead atoms. The Morgan fingerprint density at radius 2 is 1.73 bits per heavy atom. The molecular formula is C25H36N4O4. The number of aryl methyl sites for hydroxylation is 2. The molecule has 2 N–H and O–H groups in total. The van der Waals surface area contributed by atoms with E-state index in [0.717, 1.165) is 37.4 Å². The number of carbonyl (C=O) groups excluding carboxylic acids is 1. The van der Waals surface area contributed by atoms with Gasteiger partial charge in [-0.25, -0.2) is 0 Å². The fraction of sp³-hybridized carbons (Fsp3) is 0.480. The van der Waals surface area contributed by atoms with Crippen LogP contribution in [0.2, 0.25) is 0 Å². The molecule has 1 atom stereocenters. The van der Waals surface area contributed by atoms with Gasteiger partial charge in [0.15, 0.2) is 0 Å². The molecule has 0 aliphatic carbocycles. The zero-order valence-corrected chi connectivity index (χ0v) is 20.5. The van der Waals surface area contributed by atoms with Crippen LogP contribution in [-0.2, 0) is 9.53 Å². The largest absolute Gasteiger partial charge is 0.462 e. The van der Waals surface area contributed by atoms with E-state index in [-0.39, 0.29) is 22.3 Å². The minimum absolute atomic E-state index is 0.0226. The topological polar surface area (TPSA) is 96.7 Å². The van der Waals surface area contributed by atoms with E-state index in [1.54, 1.807) is 6.07 Å². The number of anilines is 2. The summed E-state index contributed by atoms with van der Waals surface area (Å²) in [6, 6.07) is 11.7. The number of piperazine rings is 1. The van der Waals surface area contributed by atoms with E-state index in [1.807, 2.05) is 39.8 Å². The fourth-order valence-electron chi connectivity index (χ4n) is 3.64. The van der Waals surface area contributed by atoms with Crippen molar-refractivity contribution in [1.82, 2.24) is 5.32 Å². The maximum atomic E-state index is 11.5. The fourth-order valence-corrected chi connectivity index (χ4v) is 3.64. The summed E-state index contributed by atoms with van der Waals surface area (Å²) in [5.41, 5.74) is 4.90. The summed E-state index contributed by atoms with van der Waals surface area (Å²) >= 11 is 0. The van der Waals surface area contributed by atoms with Gasteiger partial charge in [0.1, 0.15) is 11.3 Å². The lowest BCUT2D eigenvalue weighted by molar-refractivity contribution is -0.384. The van der Waals surface area contributed by atoms with Crippen LogP contribution in [0, 0.1) is 24.0 Å². The third-order valence-corrected chi connectivity index (χ3v) is 5.18. The zero-order valence-electron chi connectivity index (χ0n) is 20.5. The number of nitrogens with zero attached hydrogens (tertiary/aromatic N) is 2. The van der Waals surface area contributed by atoms with E-state index in [4.69, 9.17) is 0 Å². The number of nitro groups is 1. The second kappa shape index (κ2) is 11.7. The second-order valence-electron chi connectivity index (χ2n) is 9.31. The first-order valence-corrected chi connectivity index (χ1v) is 11.2.